The monoisotopic (exact) mass is 392 g/mol. The molecule has 1 amide bonds. The van der Waals surface area contributed by atoms with Gasteiger partial charge in [-0.1, -0.05) is 6.07 Å². The smallest absolute Gasteiger partial charge is 0.255 e. The van der Waals surface area contributed by atoms with E-state index in [1.807, 2.05) is 13.8 Å². The number of benzene rings is 2. The third-order valence-corrected chi connectivity index (χ3v) is 6.07. The van der Waals surface area contributed by atoms with Gasteiger partial charge in [-0.05, 0) is 56.3 Å². The summed E-state index contributed by atoms with van der Waals surface area (Å²) in [5, 5.41) is 2.58. The van der Waals surface area contributed by atoms with Crippen molar-refractivity contribution in [3.05, 3.63) is 59.9 Å². The van der Waals surface area contributed by atoms with Crippen LogP contribution in [-0.2, 0) is 14.8 Å². The zero-order valence-corrected chi connectivity index (χ0v) is 15.9. The van der Waals surface area contributed by atoms with Crippen LogP contribution < -0.4 is 5.32 Å². The van der Waals surface area contributed by atoms with E-state index in [-0.39, 0.29) is 35.8 Å². The van der Waals surface area contributed by atoms with E-state index >= 15 is 0 Å². The molecule has 1 aliphatic heterocycles. The maximum Gasteiger partial charge on any atom is 0.255 e. The summed E-state index contributed by atoms with van der Waals surface area (Å²) in [6, 6.07) is 11.2. The first-order chi connectivity index (χ1) is 12.8. The first kappa shape index (κ1) is 19.5. The molecule has 0 saturated carbocycles. The van der Waals surface area contributed by atoms with Gasteiger partial charge in [0.2, 0.25) is 10.0 Å². The number of ether oxygens (including phenoxy) is 1. The fraction of sp³-hybridized carbons (Fsp3) is 0.316. The minimum absolute atomic E-state index is 0.117. The number of sulfonamides is 1. The van der Waals surface area contributed by atoms with Crippen molar-refractivity contribution in [1.29, 1.82) is 0 Å². The van der Waals surface area contributed by atoms with Crippen molar-refractivity contribution in [2.75, 3.05) is 18.4 Å². The van der Waals surface area contributed by atoms with Crippen LogP contribution in [0.3, 0.4) is 0 Å². The van der Waals surface area contributed by atoms with E-state index in [0.29, 0.717) is 5.69 Å². The quantitative estimate of drug-likeness (QED) is 0.868. The minimum atomic E-state index is -3.66. The Kier molecular flexibility index (Phi) is 5.59. The van der Waals surface area contributed by atoms with Gasteiger partial charge in [-0.15, -0.1) is 0 Å². The van der Waals surface area contributed by atoms with Crippen LogP contribution in [0.2, 0.25) is 0 Å². The molecule has 1 saturated heterocycles. The fourth-order valence-corrected chi connectivity index (χ4v) is 4.61. The number of carbonyl (C=O) groups is 1. The number of hydrogen-bond donors (Lipinski definition) is 1. The molecule has 0 unspecified atom stereocenters. The molecule has 0 bridgehead atoms. The Hall–Kier alpha value is -2.29. The summed E-state index contributed by atoms with van der Waals surface area (Å²) in [5.41, 5.74) is 0.606. The van der Waals surface area contributed by atoms with Gasteiger partial charge in [-0.2, -0.15) is 4.31 Å². The molecule has 1 fully saturated rings. The highest BCUT2D eigenvalue weighted by molar-refractivity contribution is 7.89. The lowest BCUT2D eigenvalue weighted by Crippen LogP contribution is -2.48. The molecule has 2 aromatic carbocycles. The molecule has 0 aromatic heterocycles. The van der Waals surface area contributed by atoms with Crippen molar-refractivity contribution in [1.82, 2.24) is 4.31 Å². The number of nitrogens with one attached hydrogen (secondary N) is 1. The van der Waals surface area contributed by atoms with Gasteiger partial charge < -0.3 is 10.1 Å². The predicted octanol–water partition coefficient (Wildman–Crippen LogP) is 2.88. The topological polar surface area (TPSA) is 75.7 Å². The summed E-state index contributed by atoms with van der Waals surface area (Å²) < 4.78 is 45.8. The standard InChI is InChI=1S/C19H21FN2O4S/c1-13-11-22(12-14(2)26-13)27(24,25)18-8-6-15(7-9-18)19(23)21-17-5-3-4-16(20)10-17/h3-10,13-14H,11-12H2,1-2H3,(H,21,23)/t13-,14-/m1/s1. The summed E-state index contributed by atoms with van der Waals surface area (Å²) in [7, 11) is -3.66. The van der Waals surface area contributed by atoms with Crippen molar-refractivity contribution in [3.63, 3.8) is 0 Å². The van der Waals surface area contributed by atoms with Gasteiger partial charge in [0.25, 0.3) is 5.91 Å². The molecule has 1 N–H and O–H groups in total. The number of rotatable bonds is 4. The van der Waals surface area contributed by atoms with Crippen LogP contribution in [0, 0.1) is 5.82 Å². The number of hydrogen-bond acceptors (Lipinski definition) is 4. The van der Waals surface area contributed by atoms with Gasteiger partial charge in [-0.25, -0.2) is 12.8 Å². The molecule has 0 aliphatic carbocycles. The zero-order chi connectivity index (χ0) is 19.6. The lowest BCUT2D eigenvalue weighted by molar-refractivity contribution is -0.0440. The van der Waals surface area contributed by atoms with E-state index in [1.54, 1.807) is 6.07 Å². The summed E-state index contributed by atoms with van der Waals surface area (Å²) >= 11 is 0. The van der Waals surface area contributed by atoms with E-state index in [9.17, 15) is 17.6 Å². The van der Waals surface area contributed by atoms with E-state index in [0.717, 1.165) is 0 Å². The summed E-state index contributed by atoms with van der Waals surface area (Å²) in [6.07, 6.45) is -0.361. The normalized spacial score (nSPS) is 21.0. The third-order valence-electron chi connectivity index (χ3n) is 4.22. The highest BCUT2D eigenvalue weighted by atomic mass is 32.2. The van der Waals surface area contributed by atoms with E-state index in [4.69, 9.17) is 4.74 Å². The second-order valence-electron chi connectivity index (χ2n) is 6.57. The van der Waals surface area contributed by atoms with Gasteiger partial charge in [0.05, 0.1) is 17.1 Å². The first-order valence-electron chi connectivity index (χ1n) is 8.58. The summed E-state index contributed by atoms with van der Waals surface area (Å²) in [6.45, 7) is 4.24. The molecule has 1 heterocycles. The average Bonchev–Trinajstić information content (AvgIpc) is 2.61. The molecular formula is C19H21FN2O4S. The Labute approximate surface area is 158 Å². The van der Waals surface area contributed by atoms with Crippen molar-refractivity contribution >= 4 is 21.6 Å². The third kappa shape index (κ3) is 4.52. The largest absolute Gasteiger partial charge is 0.373 e. The molecule has 3 rings (SSSR count). The van der Waals surface area contributed by atoms with Crippen LogP contribution in [-0.4, -0.2) is 43.9 Å². The fourth-order valence-electron chi connectivity index (χ4n) is 3.02. The molecule has 2 atom stereocenters. The van der Waals surface area contributed by atoms with Crippen LogP contribution in [0.25, 0.3) is 0 Å². The maximum absolute atomic E-state index is 13.2. The second-order valence-corrected chi connectivity index (χ2v) is 8.51. The second kappa shape index (κ2) is 7.75. The Morgan fingerprint density at radius 1 is 1.11 bits per heavy atom. The SMILES string of the molecule is C[C@@H]1CN(S(=O)(=O)c2ccc(C(=O)Nc3cccc(F)c3)cc2)C[C@@H](C)O1. The Morgan fingerprint density at radius 3 is 2.33 bits per heavy atom. The predicted molar refractivity (Wildman–Crippen MR) is 99.6 cm³/mol. The summed E-state index contributed by atoms with van der Waals surface area (Å²) in [5.74, 6) is -0.902. The molecule has 27 heavy (non-hydrogen) atoms. The Balaban J connectivity index is 1.75. The molecule has 0 spiro atoms. The van der Waals surface area contributed by atoms with Gasteiger partial charge in [0.1, 0.15) is 5.82 Å². The number of anilines is 1. The molecular weight excluding hydrogens is 371 g/mol. The number of nitrogens with zero attached hydrogens (tertiary/aromatic N) is 1. The maximum atomic E-state index is 13.2. The zero-order valence-electron chi connectivity index (χ0n) is 15.1. The Morgan fingerprint density at radius 2 is 1.74 bits per heavy atom. The molecule has 144 valence electrons. The molecule has 2 aromatic rings. The first-order valence-corrected chi connectivity index (χ1v) is 10.0. The van der Waals surface area contributed by atoms with Crippen LogP contribution in [0.4, 0.5) is 10.1 Å². The molecule has 8 heteroatoms. The number of amides is 1. The van der Waals surface area contributed by atoms with E-state index in [1.165, 1.54) is 46.8 Å². The van der Waals surface area contributed by atoms with Crippen LogP contribution in [0.5, 0.6) is 0 Å². The Bertz CT molecular complexity index is 921. The van der Waals surface area contributed by atoms with Crippen LogP contribution in [0.1, 0.15) is 24.2 Å². The molecule has 6 nitrogen and oxygen atoms in total. The van der Waals surface area contributed by atoms with Crippen molar-refractivity contribution in [2.45, 2.75) is 31.0 Å². The number of carbonyl (C=O) groups excluding carboxylic acids is 1. The lowest BCUT2D eigenvalue weighted by atomic mass is 10.2. The van der Waals surface area contributed by atoms with Crippen LogP contribution >= 0.6 is 0 Å². The highest BCUT2D eigenvalue weighted by Gasteiger charge is 2.32. The van der Waals surface area contributed by atoms with Gasteiger partial charge >= 0.3 is 0 Å². The number of morpholine rings is 1. The van der Waals surface area contributed by atoms with E-state index < -0.39 is 21.7 Å². The van der Waals surface area contributed by atoms with Gasteiger partial charge in [0.15, 0.2) is 0 Å². The molecule has 0 radical (unpaired) electrons. The lowest BCUT2D eigenvalue weighted by Gasteiger charge is -2.34. The van der Waals surface area contributed by atoms with Crippen LogP contribution in [0.15, 0.2) is 53.4 Å². The molecule has 1 aliphatic rings. The van der Waals surface area contributed by atoms with Crippen molar-refractivity contribution in [3.8, 4) is 0 Å². The van der Waals surface area contributed by atoms with Gasteiger partial charge in [-0.3, -0.25) is 4.79 Å². The van der Waals surface area contributed by atoms with Gasteiger partial charge in [0, 0.05) is 24.3 Å². The van der Waals surface area contributed by atoms with Crippen molar-refractivity contribution < 1.29 is 22.3 Å². The minimum Gasteiger partial charge on any atom is -0.373 e. The highest BCUT2D eigenvalue weighted by Crippen LogP contribution is 2.22. The summed E-state index contributed by atoms with van der Waals surface area (Å²) in [4.78, 5) is 12.4. The number of halogens is 1. The van der Waals surface area contributed by atoms with E-state index in [2.05, 4.69) is 5.32 Å². The average molecular weight is 392 g/mol. The van der Waals surface area contributed by atoms with Crippen molar-refractivity contribution in [2.24, 2.45) is 0 Å².